The van der Waals surface area contributed by atoms with Crippen LogP contribution in [-0.4, -0.2) is 42.9 Å². The van der Waals surface area contributed by atoms with Crippen LogP contribution < -0.4 is 16.4 Å². The number of hydrogen-bond donors (Lipinski definition) is 3. The first-order chi connectivity index (χ1) is 19.4. The summed E-state index contributed by atoms with van der Waals surface area (Å²) < 4.78 is 1.48. The molecule has 1 unspecified atom stereocenters. The van der Waals surface area contributed by atoms with Crippen LogP contribution >= 0.6 is 11.6 Å². The van der Waals surface area contributed by atoms with E-state index in [1.54, 1.807) is 48.7 Å². The van der Waals surface area contributed by atoms with Gasteiger partial charge in [-0.1, -0.05) is 24.1 Å². The lowest BCUT2D eigenvalue weighted by atomic mass is 9.97. The Bertz CT molecular complexity index is 1600. The normalized spacial score (nSPS) is 15.4. The Kier molecular flexibility index (Phi) is 7.92. The summed E-state index contributed by atoms with van der Waals surface area (Å²) in [5.74, 6) is -1.07. The number of nitrogens with two attached hydrogens (primary N) is 1. The van der Waals surface area contributed by atoms with E-state index in [-0.39, 0.29) is 18.2 Å². The highest BCUT2D eigenvalue weighted by molar-refractivity contribution is 6.30. The molecule has 2 bridgehead atoms. The zero-order chi connectivity index (χ0) is 28.1. The Balaban J connectivity index is 1.43. The van der Waals surface area contributed by atoms with Gasteiger partial charge in [-0.25, -0.2) is 0 Å². The fourth-order valence-corrected chi connectivity index (χ4v) is 4.70. The van der Waals surface area contributed by atoms with Crippen molar-refractivity contribution in [3.05, 3.63) is 89.0 Å². The molecule has 11 nitrogen and oxygen atoms in total. The molecule has 0 aliphatic carbocycles. The molecule has 4 aromatic rings. The molecule has 3 amide bonds. The lowest BCUT2D eigenvalue weighted by Crippen LogP contribution is -2.28. The lowest BCUT2D eigenvalue weighted by Gasteiger charge is -2.20. The number of primary amides is 1. The van der Waals surface area contributed by atoms with Crippen molar-refractivity contribution in [3.63, 3.8) is 0 Å². The molecule has 0 saturated carbocycles. The number of amides is 3. The fraction of sp³-hybridized carbons (Fsp3) is 0.179. The van der Waals surface area contributed by atoms with Crippen molar-refractivity contribution in [2.24, 2.45) is 5.73 Å². The monoisotopic (exact) mass is 556 g/mol. The fourth-order valence-electron chi connectivity index (χ4n) is 4.52. The quantitative estimate of drug-likeness (QED) is 0.315. The Morgan fingerprint density at radius 3 is 2.80 bits per heavy atom. The zero-order valence-corrected chi connectivity index (χ0v) is 22.0. The molecule has 1 aliphatic heterocycles. The largest absolute Gasteiger partial charge is 0.366 e. The molecule has 12 heteroatoms. The molecule has 202 valence electrons. The molecule has 0 radical (unpaired) electrons. The SMILES string of the molecule is NC(=O)c1ccc2c(c1)NC(=O)CCCCC(NC(=O)C=Cc1cc(Cl)ccc1-n1cnnn1)c1cc-2ccn1. The van der Waals surface area contributed by atoms with Crippen molar-refractivity contribution in [1.29, 1.82) is 0 Å². The number of halogens is 1. The van der Waals surface area contributed by atoms with Crippen LogP contribution in [-0.2, 0) is 9.59 Å². The first-order valence-corrected chi connectivity index (χ1v) is 13.0. The number of hydrogen-bond acceptors (Lipinski definition) is 7. The van der Waals surface area contributed by atoms with E-state index in [1.807, 2.05) is 12.1 Å². The standard InChI is InChI=1S/C28H25ClN8O3/c29-20-7-9-25(37-16-32-35-36-37)18(13-20)6-10-27(39)33-22-3-1-2-4-26(38)34-23-15-19(28(30)40)5-8-21(23)17-11-12-31-24(22)14-17/h5-16,22H,1-4H2,(H2,30,40)(H,33,39)(H,34,38). The van der Waals surface area contributed by atoms with E-state index in [0.29, 0.717) is 58.0 Å². The summed E-state index contributed by atoms with van der Waals surface area (Å²) in [6.45, 7) is 0. The number of nitrogens with one attached hydrogen (secondary N) is 2. The number of tetrazole rings is 1. The molecule has 1 aliphatic rings. The highest BCUT2D eigenvalue weighted by atomic mass is 35.5. The summed E-state index contributed by atoms with van der Waals surface area (Å²) in [4.78, 5) is 42.0. The average molecular weight is 557 g/mol. The van der Waals surface area contributed by atoms with Gasteiger partial charge in [0.2, 0.25) is 17.7 Å². The van der Waals surface area contributed by atoms with E-state index >= 15 is 0 Å². The highest BCUT2D eigenvalue weighted by Gasteiger charge is 2.19. The second kappa shape index (κ2) is 11.9. The lowest BCUT2D eigenvalue weighted by molar-refractivity contribution is -0.118. The van der Waals surface area contributed by atoms with E-state index in [2.05, 4.69) is 31.1 Å². The number of carbonyl (C=O) groups excluding carboxylic acids is 3. The van der Waals surface area contributed by atoms with E-state index < -0.39 is 11.9 Å². The number of carbonyl (C=O) groups is 3. The minimum Gasteiger partial charge on any atom is -0.366 e. The van der Waals surface area contributed by atoms with Gasteiger partial charge < -0.3 is 16.4 Å². The molecule has 5 rings (SSSR count). The highest BCUT2D eigenvalue weighted by Crippen LogP contribution is 2.32. The molecule has 2 aromatic carbocycles. The second-order valence-electron chi connectivity index (χ2n) is 9.24. The van der Waals surface area contributed by atoms with Crippen molar-refractivity contribution in [2.75, 3.05) is 5.32 Å². The molecule has 0 spiro atoms. The predicted molar refractivity (Wildman–Crippen MR) is 149 cm³/mol. The molecule has 4 N–H and O–H groups in total. The summed E-state index contributed by atoms with van der Waals surface area (Å²) >= 11 is 6.19. The van der Waals surface area contributed by atoms with E-state index in [9.17, 15) is 14.4 Å². The van der Waals surface area contributed by atoms with Crippen LogP contribution in [0.15, 0.2) is 67.1 Å². The number of fused-ring (bicyclic) bond motifs is 4. The average Bonchev–Trinajstić information content (AvgIpc) is 3.48. The van der Waals surface area contributed by atoms with Crippen LogP contribution in [0.25, 0.3) is 22.9 Å². The van der Waals surface area contributed by atoms with Crippen LogP contribution in [0.1, 0.15) is 53.3 Å². The van der Waals surface area contributed by atoms with Gasteiger partial charge in [0.1, 0.15) is 6.33 Å². The molecule has 0 saturated heterocycles. The third-order valence-electron chi connectivity index (χ3n) is 6.49. The Labute approximate surface area is 234 Å². The number of rotatable bonds is 5. The maximum atomic E-state index is 13.1. The summed E-state index contributed by atoms with van der Waals surface area (Å²) in [6.07, 6.45) is 8.35. The maximum absolute atomic E-state index is 13.1. The summed E-state index contributed by atoms with van der Waals surface area (Å²) in [7, 11) is 0. The Morgan fingerprint density at radius 1 is 1.12 bits per heavy atom. The first kappa shape index (κ1) is 26.7. The van der Waals surface area contributed by atoms with Crippen molar-refractivity contribution < 1.29 is 14.4 Å². The van der Waals surface area contributed by atoms with Crippen LogP contribution in [0.4, 0.5) is 5.69 Å². The van der Waals surface area contributed by atoms with Crippen molar-refractivity contribution in [2.45, 2.75) is 31.7 Å². The third kappa shape index (κ3) is 6.21. The van der Waals surface area contributed by atoms with Crippen LogP contribution in [0, 0.1) is 0 Å². The van der Waals surface area contributed by atoms with Gasteiger partial charge in [-0.05, 0) is 77.4 Å². The smallest absolute Gasteiger partial charge is 0.248 e. The minimum atomic E-state index is -0.586. The van der Waals surface area contributed by atoms with E-state index in [4.69, 9.17) is 17.3 Å². The maximum Gasteiger partial charge on any atom is 0.248 e. The molecule has 2 aromatic heterocycles. The van der Waals surface area contributed by atoms with Crippen molar-refractivity contribution >= 4 is 41.1 Å². The minimum absolute atomic E-state index is 0.166. The molecule has 3 heterocycles. The summed E-state index contributed by atoms with van der Waals surface area (Å²) in [5.41, 5.74) is 9.72. The van der Waals surface area contributed by atoms with Gasteiger partial charge in [-0.3, -0.25) is 19.4 Å². The zero-order valence-electron chi connectivity index (χ0n) is 21.3. The number of aromatic nitrogens is 5. The van der Waals surface area contributed by atoms with Crippen LogP contribution in [0.2, 0.25) is 5.02 Å². The predicted octanol–water partition coefficient (Wildman–Crippen LogP) is 3.86. The topological polar surface area (TPSA) is 158 Å². The number of nitrogens with zero attached hydrogens (tertiary/aromatic N) is 5. The Hall–Kier alpha value is -4.90. The van der Waals surface area contributed by atoms with Gasteiger partial charge in [0, 0.05) is 46.1 Å². The molecular formula is C28H25ClN8O3. The molecule has 40 heavy (non-hydrogen) atoms. The van der Waals surface area contributed by atoms with Gasteiger partial charge in [0.05, 0.1) is 17.4 Å². The molecular weight excluding hydrogens is 532 g/mol. The third-order valence-corrected chi connectivity index (χ3v) is 6.73. The van der Waals surface area contributed by atoms with Crippen LogP contribution in [0.3, 0.4) is 0 Å². The van der Waals surface area contributed by atoms with Gasteiger partial charge in [-0.15, -0.1) is 5.10 Å². The Morgan fingerprint density at radius 2 is 2.00 bits per heavy atom. The van der Waals surface area contributed by atoms with Crippen LogP contribution in [0.5, 0.6) is 0 Å². The number of anilines is 1. The van der Waals surface area contributed by atoms with Crippen molar-refractivity contribution in [3.8, 4) is 16.8 Å². The van der Waals surface area contributed by atoms with Crippen molar-refractivity contribution in [1.82, 2.24) is 30.5 Å². The summed E-state index contributed by atoms with van der Waals surface area (Å²) in [6, 6.07) is 13.4. The van der Waals surface area contributed by atoms with Gasteiger partial charge >= 0.3 is 0 Å². The second-order valence-corrected chi connectivity index (χ2v) is 9.68. The van der Waals surface area contributed by atoms with Gasteiger partial charge in [0.15, 0.2) is 0 Å². The summed E-state index contributed by atoms with van der Waals surface area (Å²) in [5, 5.41) is 17.7. The molecule has 0 fully saturated rings. The number of benzene rings is 2. The van der Waals surface area contributed by atoms with Gasteiger partial charge in [0.25, 0.3) is 0 Å². The molecule has 1 atom stereocenters. The van der Waals surface area contributed by atoms with Gasteiger partial charge in [-0.2, -0.15) is 4.68 Å². The first-order valence-electron chi connectivity index (χ1n) is 12.6. The number of pyridine rings is 1. The van der Waals surface area contributed by atoms with E-state index in [0.717, 1.165) is 5.56 Å². The van der Waals surface area contributed by atoms with E-state index in [1.165, 1.54) is 17.1 Å².